The number of amides is 1. The largest absolute Gasteiger partial charge is 0.323 e. The Bertz CT molecular complexity index is 556. The molecule has 6 heteroatoms. The van der Waals surface area contributed by atoms with Crippen LogP contribution >= 0.6 is 0 Å². The van der Waals surface area contributed by atoms with Crippen LogP contribution in [-0.2, 0) is 0 Å². The minimum atomic E-state index is -0.308. The molecule has 1 aromatic carbocycles. The zero-order valence-corrected chi connectivity index (χ0v) is 9.84. The van der Waals surface area contributed by atoms with Gasteiger partial charge in [-0.1, -0.05) is 11.6 Å². The van der Waals surface area contributed by atoms with Gasteiger partial charge in [0, 0.05) is 12.4 Å². The molecule has 0 saturated heterocycles. The molecule has 2 rings (SSSR count). The molecule has 0 atom stereocenters. The summed E-state index contributed by atoms with van der Waals surface area (Å²) < 4.78 is 0. The molecule has 0 spiro atoms. The first-order valence-corrected chi connectivity index (χ1v) is 5.36. The number of carbonyl (C=O) groups is 1. The fraction of sp³-hybridized carbons (Fsp3) is 0.0833. The average Bonchev–Trinajstić information content (AvgIpc) is 2.40. The van der Waals surface area contributed by atoms with Crippen LogP contribution in [0.15, 0.2) is 36.7 Å². The fourth-order valence-electron chi connectivity index (χ4n) is 1.50. The quantitative estimate of drug-likeness (QED) is 0.558. The predicted molar refractivity (Wildman–Crippen MR) is 69.0 cm³/mol. The summed E-state index contributed by atoms with van der Waals surface area (Å²) in [6, 6.07) is 7.03. The van der Waals surface area contributed by atoms with Gasteiger partial charge in [-0.05, 0) is 25.1 Å². The van der Waals surface area contributed by atoms with Crippen molar-refractivity contribution in [1.82, 2.24) is 9.97 Å². The van der Waals surface area contributed by atoms with Crippen LogP contribution in [0.4, 0.5) is 11.6 Å². The molecule has 1 aromatic heterocycles. The van der Waals surface area contributed by atoms with Crippen molar-refractivity contribution >= 4 is 17.5 Å². The van der Waals surface area contributed by atoms with E-state index >= 15 is 0 Å². The number of nitrogens with one attached hydrogen (secondary N) is 2. The Morgan fingerprint density at radius 3 is 2.67 bits per heavy atom. The monoisotopic (exact) mass is 243 g/mol. The summed E-state index contributed by atoms with van der Waals surface area (Å²) in [7, 11) is 0. The van der Waals surface area contributed by atoms with Crippen molar-refractivity contribution in [3.63, 3.8) is 0 Å². The third-order valence-corrected chi connectivity index (χ3v) is 2.37. The molecule has 2 aromatic rings. The van der Waals surface area contributed by atoms with Crippen molar-refractivity contribution < 1.29 is 4.79 Å². The van der Waals surface area contributed by atoms with Crippen molar-refractivity contribution in [2.45, 2.75) is 6.92 Å². The Labute approximate surface area is 104 Å². The molecule has 6 nitrogen and oxygen atoms in total. The second-order valence-corrected chi connectivity index (χ2v) is 3.72. The predicted octanol–water partition coefficient (Wildman–Crippen LogP) is 1.32. The molecule has 1 amide bonds. The SMILES string of the molecule is Cc1ccc(NN)c(C(=O)Nc2ncccn2)c1. The van der Waals surface area contributed by atoms with Gasteiger partial charge in [0.05, 0.1) is 11.3 Å². The molecular formula is C12H13N5O. The number of nitrogens with zero attached hydrogens (tertiary/aromatic N) is 2. The normalized spacial score (nSPS) is 9.89. The molecule has 1 heterocycles. The summed E-state index contributed by atoms with van der Waals surface area (Å²) in [5.41, 5.74) is 4.45. The first-order chi connectivity index (χ1) is 8.70. The van der Waals surface area contributed by atoms with Gasteiger partial charge in [0.25, 0.3) is 5.91 Å². The van der Waals surface area contributed by atoms with Crippen LogP contribution < -0.4 is 16.6 Å². The number of anilines is 2. The molecule has 0 unspecified atom stereocenters. The maximum atomic E-state index is 12.1. The summed E-state index contributed by atoms with van der Waals surface area (Å²) in [6.45, 7) is 1.90. The number of aromatic nitrogens is 2. The number of nitrogens with two attached hydrogens (primary N) is 1. The van der Waals surface area contributed by atoms with E-state index in [2.05, 4.69) is 20.7 Å². The fourth-order valence-corrected chi connectivity index (χ4v) is 1.50. The molecule has 0 aliphatic heterocycles. The topological polar surface area (TPSA) is 92.9 Å². The van der Waals surface area contributed by atoms with Crippen LogP contribution in [-0.4, -0.2) is 15.9 Å². The maximum absolute atomic E-state index is 12.1. The molecule has 0 radical (unpaired) electrons. The van der Waals surface area contributed by atoms with Gasteiger partial charge in [0.2, 0.25) is 5.95 Å². The molecule has 0 bridgehead atoms. The smallest absolute Gasteiger partial charge is 0.260 e. The Morgan fingerprint density at radius 1 is 1.28 bits per heavy atom. The number of aryl methyl sites for hydroxylation is 1. The molecule has 0 aliphatic carbocycles. The van der Waals surface area contributed by atoms with E-state index in [1.54, 1.807) is 30.6 Å². The van der Waals surface area contributed by atoms with Crippen molar-refractivity contribution in [2.75, 3.05) is 10.7 Å². The highest BCUT2D eigenvalue weighted by molar-refractivity contribution is 6.07. The molecule has 0 fully saturated rings. The Balaban J connectivity index is 2.26. The van der Waals surface area contributed by atoms with Crippen LogP contribution in [0.2, 0.25) is 0 Å². The summed E-state index contributed by atoms with van der Waals surface area (Å²) in [4.78, 5) is 19.9. The molecular weight excluding hydrogens is 230 g/mol. The van der Waals surface area contributed by atoms with E-state index in [1.807, 2.05) is 13.0 Å². The van der Waals surface area contributed by atoms with Crippen LogP contribution in [0, 0.1) is 6.92 Å². The van der Waals surface area contributed by atoms with E-state index in [1.165, 1.54) is 0 Å². The maximum Gasteiger partial charge on any atom is 0.260 e. The summed E-state index contributed by atoms with van der Waals surface area (Å²) in [6.07, 6.45) is 3.11. The molecule has 92 valence electrons. The Kier molecular flexibility index (Phi) is 3.49. The lowest BCUT2D eigenvalue weighted by Crippen LogP contribution is -2.18. The van der Waals surface area contributed by atoms with Crippen molar-refractivity contribution in [2.24, 2.45) is 5.84 Å². The van der Waals surface area contributed by atoms with Gasteiger partial charge in [-0.2, -0.15) is 0 Å². The number of hydrogen-bond donors (Lipinski definition) is 3. The van der Waals surface area contributed by atoms with Crippen molar-refractivity contribution in [3.05, 3.63) is 47.8 Å². The van der Waals surface area contributed by atoms with Crippen molar-refractivity contribution in [1.29, 1.82) is 0 Å². The Hall–Kier alpha value is -2.47. The second-order valence-electron chi connectivity index (χ2n) is 3.72. The lowest BCUT2D eigenvalue weighted by molar-refractivity contribution is 0.102. The first kappa shape index (κ1) is 12.0. The molecule has 0 aliphatic rings. The highest BCUT2D eigenvalue weighted by atomic mass is 16.1. The van der Waals surface area contributed by atoms with Crippen molar-refractivity contribution in [3.8, 4) is 0 Å². The number of hydrogen-bond acceptors (Lipinski definition) is 5. The number of nitrogen functional groups attached to an aromatic ring is 1. The minimum Gasteiger partial charge on any atom is -0.323 e. The highest BCUT2D eigenvalue weighted by Gasteiger charge is 2.12. The Morgan fingerprint density at radius 2 is 2.00 bits per heavy atom. The van der Waals surface area contributed by atoms with E-state index in [0.29, 0.717) is 11.3 Å². The van der Waals surface area contributed by atoms with Gasteiger partial charge in [0.15, 0.2) is 0 Å². The lowest BCUT2D eigenvalue weighted by Gasteiger charge is -2.09. The molecule has 4 N–H and O–H groups in total. The van der Waals surface area contributed by atoms with Gasteiger partial charge in [0.1, 0.15) is 0 Å². The second kappa shape index (κ2) is 5.24. The lowest BCUT2D eigenvalue weighted by atomic mass is 10.1. The highest BCUT2D eigenvalue weighted by Crippen LogP contribution is 2.17. The third kappa shape index (κ3) is 2.61. The van der Waals surface area contributed by atoms with E-state index in [-0.39, 0.29) is 11.9 Å². The zero-order valence-electron chi connectivity index (χ0n) is 9.84. The van der Waals surface area contributed by atoms with E-state index in [4.69, 9.17) is 5.84 Å². The average molecular weight is 243 g/mol. The van der Waals surface area contributed by atoms with Crippen LogP contribution in [0.25, 0.3) is 0 Å². The van der Waals surface area contributed by atoms with E-state index in [9.17, 15) is 4.79 Å². The molecule has 0 saturated carbocycles. The summed E-state index contributed by atoms with van der Waals surface area (Å²) in [5.74, 6) is 5.32. The third-order valence-electron chi connectivity index (χ3n) is 2.37. The number of carbonyl (C=O) groups excluding carboxylic acids is 1. The number of benzene rings is 1. The first-order valence-electron chi connectivity index (χ1n) is 5.36. The van der Waals surface area contributed by atoms with Gasteiger partial charge in [-0.25, -0.2) is 9.97 Å². The minimum absolute atomic E-state index is 0.256. The van der Waals surface area contributed by atoms with Gasteiger partial charge in [-0.15, -0.1) is 0 Å². The van der Waals surface area contributed by atoms with Crippen LogP contribution in [0.1, 0.15) is 15.9 Å². The zero-order chi connectivity index (χ0) is 13.0. The van der Waals surface area contributed by atoms with Crippen LogP contribution in [0.5, 0.6) is 0 Å². The van der Waals surface area contributed by atoms with E-state index in [0.717, 1.165) is 5.56 Å². The number of hydrazine groups is 1. The molecule has 18 heavy (non-hydrogen) atoms. The number of rotatable bonds is 3. The van der Waals surface area contributed by atoms with Gasteiger partial charge < -0.3 is 5.43 Å². The summed E-state index contributed by atoms with van der Waals surface area (Å²) >= 11 is 0. The van der Waals surface area contributed by atoms with Crippen LogP contribution in [0.3, 0.4) is 0 Å². The van der Waals surface area contributed by atoms with Gasteiger partial charge >= 0.3 is 0 Å². The van der Waals surface area contributed by atoms with Gasteiger partial charge in [-0.3, -0.25) is 16.0 Å². The summed E-state index contributed by atoms with van der Waals surface area (Å²) in [5, 5.41) is 2.60. The van der Waals surface area contributed by atoms with E-state index < -0.39 is 0 Å². The standard InChI is InChI=1S/C12H13N5O/c1-8-3-4-10(17-13)9(7-8)11(18)16-12-14-5-2-6-15-12/h2-7,17H,13H2,1H3,(H,14,15,16,18).